The van der Waals surface area contributed by atoms with E-state index in [1.165, 1.54) is 12.1 Å². The number of amides is 2. The molecule has 1 aliphatic heterocycles. The Morgan fingerprint density at radius 2 is 2.17 bits per heavy atom. The van der Waals surface area contributed by atoms with Crippen molar-refractivity contribution in [2.24, 2.45) is 0 Å². The van der Waals surface area contributed by atoms with Crippen LogP contribution in [0, 0.1) is 10.1 Å². The highest BCUT2D eigenvalue weighted by Gasteiger charge is 2.39. The first-order chi connectivity index (χ1) is 11.5. The molecule has 0 aromatic heterocycles. The summed E-state index contributed by atoms with van der Waals surface area (Å²) in [4.78, 5) is 38.9. The molecule has 2 amide bonds. The number of nitro groups is 1. The second-order valence-electron chi connectivity index (χ2n) is 6.16. The summed E-state index contributed by atoms with van der Waals surface area (Å²) in [6.45, 7) is 0. The van der Waals surface area contributed by atoms with Gasteiger partial charge in [-0.25, -0.2) is 0 Å². The number of hydrogen-bond donors (Lipinski definition) is 0. The zero-order chi connectivity index (χ0) is 17.3. The van der Waals surface area contributed by atoms with Crippen molar-refractivity contribution >= 4 is 29.3 Å². The van der Waals surface area contributed by atoms with Crippen molar-refractivity contribution < 1.29 is 14.5 Å². The zero-order valence-electron chi connectivity index (χ0n) is 13.4. The quantitative estimate of drug-likeness (QED) is 0.596. The number of hydrogen-bond acceptors (Lipinski definition) is 5. The van der Waals surface area contributed by atoms with E-state index >= 15 is 0 Å². The molecule has 1 heterocycles. The topological polar surface area (TPSA) is 83.8 Å². The molecular weight excluding hydrogens is 330 g/mol. The summed E-state index contributed by atoms with van der Waals surface area (Å²) in [5.74, 6) is 0.928. The van der Waals surface area contributed by atoms with Crippen molar-refractivity contribution in [3.63, 3.8) is 0 Å². The van der Waals surface area contributed by atoms with Crippen LogP contribution < -0.4 is 0 Å². The summed E-state index contributed by atoms with van der Waals surface area (Å²) in [6, 6.07) is 5.97. The summed E-state index contributed by atoms with van der Waals surface area (Å²) >= 11 is 1.56. The lowest BCUT2D eigenvalue weighted by Crippen LogP contribution is -2.48. The van der Waals surface area contributed by atoms with Gasteiger partial charge in [-0.1, -0.05) is 12.1 Å². The van der Waals surface area contributed by atoms with Crippen molar-refractivity contribution in [1.29, 1.82) is 0 Å². The fourth-order valence-corrected chi connectivity index (χ4v) is 4.00. The maximum Gasteiger partial charge on any atom is 0.269 e. The van der Waals surface area contributed by atoms with Gasteiger partial charge in [0.05, 0.1) is 17.2 Å². The summed E-state index contributed by atoms with van der Waals surface area (Å²) in [6.07, 6.45) is 2.13. The number of rotatable bonds is 5. The van der Waals surface area contributed by atoms with Crippen molar-refractivity contribution in [1.82, 2.24) is 9.80 Å². The molecule has 0 radical (unpaired) electrons. The Balaban J connectivity index is 1.68. The highest BCUT2D eigenvalue weighted by molar-refractivity contribution is 7.99. The molecule has 0 unspecified atom stereocenters. The number of carbonyl (C=O) groups is 2. The van der Waals surface area contributed by atoms with Crippen LogP contribution in [0.1, 0.15) is 18.4 Å². The predicted molar refractivity (Wildman–Crippen MR) is 90.6 cm³/mol. The van der Waals surface area contributed by atoms with E-state index in [1.807, 2.05) is 0 Å². The fourth-order valence-electron chi connectivity index (χ4n) is 2.83. The molecule has 2 aliphatic rings. The van der Waals surface area contributed by atoms with Gasteiger partial charge in [0, 0.05) is 31.0 Å². The van der Waals surface area contributed by atoms with Crippen LogP contribution in [-0.2, 0) is 16.0 Å². The van der Waals surface area contributed by atoms with Crippen LogP contribution in [0.2, 0.25) is 0 Å². The first-order valence-electron chi connectivity index (χ1n) is 7.84. The van der Waals surface area contributed by atoms with Crippen molar-refractivity contribution in [3.05, 3.63) is 39.9 Å². The average Bonchev–Trinajstić information content (AvgIpc) is 3.30. The Morgan fingerprint density at radius 1 is 1.42 bits per heavy atom. The van der Waals surface area contributed by atoms with Crippen LogP contribution >= 0.6 is 11.8 Å². The normalized spacial score (nSPS) is 20.0. The molecule has 3 rings (SSSR count). The molecule has 7 nitrogen and oxygen atoms in total. The Hall–Kier alpha value is -2.09. The van der Waals surface area contributed by atoms with Crippen molar-refractivity contribution in [3.8, 4) is 0 Å². The molecule has 8 heteroatoms. The van der Waals surface area contributed by atoms with E-state index in [9.17, 15) is 19.7 Å². The molecular formula is C16H19N3O4S. The van der Waals surface area contributed by atoms with Gasteiger partial charge in [-0.15, -0.1) is 11.8 Å². The predicted octanol–water partition coefficient (Wildman–Crippen LogP) is 1.66. The van der Waals surface area contributed by atoms with Gasteiger partial charge in [0.15, 0.2) is 0 Å². The summed E-state index contributed by atoms with van der Waals surface area (Å²) in [5, 5.41) is 10.8. The molecule has 0 N–H and O–H groups in total. The highest BCUT2D eigenvalue weighted by atomic mass is 32.2. The number of nitrogens with zero attached hydrogens (tertiary/aromatic N) is 3. The lowest BCUT2D eigenvalue weighted by atomic mass is 10.1. The molecule has 1 saturated carbocycles. The Bertz CT molecular complexity index is 677. The molecule has 1 atom stereocenters. The van der Waals surface area contributed by atoms with Gasteiger partial charge in [0.25, 0.3) is 5.69 Å². The minimum Gasteiger partial charge on any atom is -0.341 e. The first kappa shape index (κ1) is 16.8. The van der Waals surface area contributed by atoms with Crippen molar-refractivity contribution in [2.75, 3.05) is 18.7 Å². The maximum atomic E-state index is 12.6. The van der Waals surface area contributed by atoms with Crippen LogP contribution in [-0.4, -0.2) is 57.3 Å². The summed E-state index contributed by atoms with van der Waals surface area (Å²) in [5.41, 5.74) is 0.560. The van der Waals surface area contributed by atoms with E-state index in [2.05, 4.69) is 0 Å². The van der Waals surface area contributed by atoms with Gasteiger partial charge >= 0.3 is 0 Å². The second-order valence-corrected chi connectivity index (χ2v) is 7.16. The number of benzene rings is 1. The average molecular weight is 349 g/mol. The van der Waals surface area contributed by atoms with Crippen LogP contribution in [0.15, 0.2) is 24.3 Å². The third-order valence-electron chi connectivity index (χ3n) is 4.41. The van der Waals surface area contributed by atoms with Gasteiger partial charge in [0.2, 0.25) is 11.8 Å². The molecule has 1 aromatic rings. The number of non-ortho nitro benzene ring substituents is 1. The van der Waals surface area contributed by atoms with Gasteiger partial charge in [-0.05, 0) is 18.4 Å². The molecule has 0 spiro atoms. The summed E-state index contributed by atoms with van der Waals surface area (Å²) in [7, 11) is 1.80. The first-order valence-corrected chi connectivity index (χ1v) is 9.00. The SMILES string of the molecule is CN(C(=O)[C@H]1CSCN1C(=O)Cc1cccc([N+](=O)[O-])c1)C1CC1. The minimum absolute atomic E-state index is 0.00473. The third-order valence-corrected chi connectivity index (χ3v) is 5.42. The molecule has 24 heavy (non-hydrogen) atoms. The van der Waals surface area contributed by atoms with E-state index in [4.69, 9.17) is 0 Å². The number of likely N-dealkylation sites (N-methyl/N-ethyl adjacent to an activating group) is 1. The fraction of sp³-hybridized carbons (Fsp3) is 0.500. The molecule has 1 aromatic carbocycles. The second kappa shape index (κ2) is 6.80. The van der Waals surface area contributed by atoms with Crippen LogP contribution in [0.25, 0.3) is 0 Å². The number of carbonyl (C=O) groups excluding carboxylic acids is 2. The lowest BCUT2D eigenvalue weighted by molar-refractivity contribution is -0.384. The minimum atomic E-state index is -0.476. The largest absolute Gasteiger partial charge is 0.341 e. The molecule has 0 bridgehead atoms. The number of thioether (sulfide) groups is 1. The van der Waals surface area contributed by atoms with E-state index in [0.717, 1.165) is 12.8 Å². The lowest BCUT2D eigenvalue weighted by Gasteiger charge is -2.27. The Labute approximate surface area is 144 Å². The molecule has 1 aliphatic carbocycles. The van der Waals surface area contributed by atoms with Gasteiger partial charge in [-0.2, -0.15) is 0 Å². The van der Waals surface area contributed by atoms with Gasteiger partial charge < -0.3 is 9.80 Å². The molecule has 128 valence electrons. The van der Waals surface area contributed by atoms with Crippen LogP contribution in [0.3, 0.4) is 0 Å². The number of nitro benzene ring substituents is 1. The monoisotopic (exact) mass is 349 g/mol. The molecule has 1 saturated heterocycles. The zero-order valence-corrected chi connectivity index (χ0v) is 14.2. The third kappa shape index (κ3) is 3.53. The van der Waals surface area contributed by atoms with E-state index < -0.39 is 11.0 Å². The van der Waals surface area contributed by atoms with Crippen molar-refractivity contribution in [2.45, 2.75) is 31.3 Å². The maximum absolute atomic E-state index is 12.6. The summed E-state index contributed by atoms with van der Waals surface area (Å²) < 4.78 is 0. The smallest absolute Gasteiger partial charge is 0.269 e. The highest BCUT2D eigenvalue weighted by Crippen LogP contribution is 2.29. The standard InChI is InChI=1S/C16H19N3O4S/c1-17(12-5-6-12)16(21)14-9-24-10-18(14)15(20)8-11-3-2-4-13(7-11)19(22)23/h2-4,7,12,14H,5-6,8-10H2,1H3/t14-/m1/s1. The van der Waals surface area contributed by atoms with Gasteiger partial charge in [0.1, 0.15) is 6.04 Å². The Kier molecular flexibility index (Phi) is 4.75. The van der Waals surface area contributed by atoms with E-state index in [0.29, 0.717) is 23.2 Å². The van der Waals surface area contributed by atoms with E-state index in [1.54, 1.807) is 40.7 Å². The van der Waals surface area contributed by atoms with Crippen LogP contribution in [0.5, 0.6) is 0 Å². The Morgan fingerprint density at radius 3 is 2.83 bits per heavy atom. The van der Waals surface area contributed by atoms with E-state index in [-0.39, 0.29) is 23.9 Å². The molecule has 2 fully saturated rings. The van der Waals surface area contributed by atoms with Crippen LogP contribution in [0.4, 0.5) is 5.69 Å². The van der Waals surface area contributed by atoms with Gasteiger partial charge in [-0.3, -0.25) is 19.7 Å².